The highest BCUT2D eigenvalue weighted by molar-refractivity contribution is 7.92. The lowest BCUT2D eigenvalue weighted by Crippen LogP contribution is -2.31. The van der Waals surface area contributed by atoms with Gasteiger partial charge in [0.25, 0.3) is 10.0 Å². The highest BCUT2D eigenvalue weighted by Crippen LogP contribution is 2.34. The molecule has 1 N–H and O–H groups in total. The first-order chi connectivity index (χ1) is 16.2. The van der Waals surface area contributed by atoms with Gasteiger partial charge in [-0.3, -0.25) is 9.52 Å². The number of piperidine rings is 1. The normalized spacial score (nSPS) is 14.3. The lowest BCUT2D eigenvalue weighted by atomic mass is 9.92. The summed E-state index contributed by atoms with van der Waals surface area (Å²) in [6, 6.07) is 8.33. The minimum absolute atomic E-state index is 0.0603. The van der Waals surface area contributed by atoms with Gasteiger partial charge in [0.05, 0.1) is 15.5 Å². The molecule has 8 heteroatoms. The molecule has 1 saturated heterocycles. The summed E-state index contributed by atoms with van der Waals surface area (Å²) < 4.78 is 41.2. The van der Waals surface area contributed by atoms with Crippen LogP contribution < -0.4 is 9.62 Å². The van der Waals surface area contributed by atoms with Crippen LogP contribution in [0.3, 0.4) is 0 Å². The third-order valence-corrected chi connectivity index (χ3v) is 8.72. The molecule has 34 heavy (non-hydrogen) atoms. The van der Waals surface area contributed by atoms with Crippen LogP contribution in [-0.2, 0) is 16.4 Å². The molecule has 0 aliphatic carbocycles. The highest BCUT2D eigenvalue weighted by Gasteiger charge is 2.23. The summed E-state index contributed by atoms with van der Waals surface area (Å²) in [4.78, 5) is 16.1. The number of ketones is 1. The number of carbonyl (C=O) groups is 1. The topological polar surface area (TPSA) is 66.5 Å². The van der Waals surface area contributed by atoms with Gasteiger partial charge in [-0.2, -0.15) is 0 Å². The van der Waals surface area contributed by atoms with Crippen molar-refractivity contribution in [1.82, 2.24) is 0 Å². The Kier molecular flexibility index (Phi) is 7.09. The van der Waals surface area contributed by atoms with E-state index in [1.165, 1.54) is 54.0 Å². The van der Waals surface area contributed by atoms with Crippen molar-refractivity contribution in [2.45, 2.75) is 51.3 Å². The number of nitrogens with zero attached hydrogens (tertiary/aromatic N) is 1. The first-order valence-corrected chi connectivity index (χ1v) is 13.8. The van der Waals surface area contributed by atoms with Gasteiger partial charge in [-0.1, -0.05) is 6.07 Å². The van der Waals surface area contributed by atoms with Crippen LogP contribution in [0.5, 0.6) is 0 Å². The maximum Gasteiger partial charge on any atom is 0.261 e. The number of hydrogen-bond acceptors (Lipinski definition) is 5. The molecule has 0 unspecified atom stereocenters. The number of carbonyl (C=O) groups excluding carboxylic acids is 1. The maximum absolute atomic E-state index is 13.4. The van der Waals surface area contributed by atoms with Crippen LogP contribution in [0, 0.1) is 26.6 Å². The second kappa shape index (κ2) is 9.88. The molecule has 5 nitrogen and oxygen atoms in total. The molecule has 2 heterocycles. The first-order valence-electron chi connectivity index (χ1n) is 11.4. The predicted octanol–water partition coefficient (Wildman–Crippen LogP) is 6.03. The van der Waals surface area contributed by atoms with Crippen LogP contribution in [0.2, 0.25) is 0 Å². The zero-order chi connectivity index (χ0) is 24.5. The van der Waals surface area contributed by atoms with Crippen LogP contribution in [0.1, 0.15) is 51.2 Å². The predicted molar refractivity (Wildman–Crippen MR) is 136 cm³/mol. The van der Waals surface area contributed by atoms with Crippen LogP contribution in [-0.4, -0.2) is 27.3 Å². The molecule has 0 radical (unpaired) electrons. The van der Waals surface area contributed by atoms with E-state index in [1.807, 2.05) is 6.92 Å². The largest absolute Gasteiger partial charge is 0.371 e. The smallest absolute Gasteiger partial charge is 0.261 e. The van der Waals surface area contributed by atoms with Gasteiger partial charge in [-0.05, 0) is 98.0 Å². The van der Waals surface area contributed by atoms with E-state index in [-0.39, 0.29) is 22.8 Å². The number of anilines is 2. The number of Topliss-reactive ketones (excluding diaryl/α,β-unsaturated/α-hetero) is 1. The number of nitrogens with one attached hydrogen (secondary N) is 1. The van der Waals surface area contributed by atoms with Gasteiger partial charge in [0.1, 0.15) is 5.82 Å². The van der Waals surface area contributed by atoms with E-state index in [1.54, 1.807) is 11.4 Å². The van der Waals surface area contributed by atoms with Crippen LogP contribution in [0.15, 0.2) is 46.7 Å². The van der Waals surface area contributed by atoms with Crippen molar-refractivity contribution in [3.63, 3.8) is 0 Å². The minimum Gasteiger partial charge on any atom is -0.371 e. The zero-order valence-electron chi connectivity index (χ0n) is 19.7. The molecular formula is C26H29FN2O3S2. The van der Waals surface area contributed by atoms with Crippen molar-refractivity contribution in [2.75, 3.05) is 22.7 Å². The molecule has 1 aliphatic rings. The Morgan fingerprint density at radius 2 is 1.71 bits per heavy atom. The molecule has 1 aromatic heterocycles. The van der Waals surface area contributed by atoms with Crippen molar-refractivity contribution in [3.05, 3.63) is 74.7 Å². The van der Waals surface area contributed by atoms with Crippen molar-refractivity contribution < 1.29 is 17.6 Å². The molecule has 0 amide bonds. The number of benzene rings is 2. The average Bonchev–Trinajstić information content (AvgIpc) is 3.25. The molecule has 0 bridgehead atoms. The third-order valence-electron chi connectivity index (χ3n) is 6.39. The first kappa shape index (κ1) is 24.4. The van der Waals surface area contributed by atoms with Crippen LogP contribution in [0.4, 0.5) is 15.8 Å². The Hall–Kier alpha value is -2.71. The average molecular weight is 501 g/mol. The number of halogens is 1. The van der Waals surface area contributed by atoms with Gasteiger partial charge in [0.2, 0.25) is 0 Å². The Labute approximate surface area is 204 Å². The van der Waals surface area contributed by atoms with Crippen molar-refractivity contribution >= 4 is 38.5 Å². The van der Waals surface area contributed by atoms with E-state index in [9.17, 15) is 17.6 Å². The zero-order valence-corrected chi connectivity index (χ0v) is 21.3. The molecule has 0 atom stereocenters. The van der Waals surface area contributed by atoms with Crippen molar-refractivity contribution in [3.8, 4) is 0 Å². The fraction of sp³-hybridized carbons (Fsp3) is 0.346. The Morgan fingerprint density at radius 1 is 1.03 bits per heavy atom. The highest BCUT2D eigenvalue weighted by atomic mass is 32.2. The molecule has 1 fully saturated rings. The molecule has 1 aliphatic heterocycles. The van der Waals surface area contributed by atoms with E-state index in [0.717, 1.165) is 41.9 Å². The molecule has 3 aromatic rings. The van der Waals surface area contributed by atoms with Gasteiger partial charge in [-0.25, -0.2) is 12.8 Å². The Morgan fingerprint density at radius 3 is 2.38 bits per heavy atom. The standard InChI is InChI=1S/C26H29FN2O3S2/c1-17-15-18(2)25(29-12-5-4-6-13-29)19(3)22(17)16-24(30)26-23(11-14-33-26)28-34(31,32)21-9-7-20(27)8-10-21/h7-11,14-15,28H,4-6,12-13,16H2,1-3H3. The van der Waals surface area contributed by atoms with Gasteiger partial charge in [0, 0.05) is 25.2 Å². The lowest BCUT2D eigenvalue weighted by molar-refractivity contribution is 0.0997. The summed E-state index contributed by atoms with van der Waals surface area (Å²) in [6.07, 6.45) is 3.80. The van der Waals surface area contributed by atoms with Gasteiger partial charge < -0.3 is 4.90 Å². The lowest BCUT2D eigenvalue weighted by Gasteiger charge is -2.33. The fourth-order valence-electron chi connectivity index (χ4n) is 4.75. The molecular weight excluding hydrogens is 471 g/mol. The number of rotatable bonds is 7. The SMILES string of the molecule is Cc1cc(C)c(N2CCCCC2)c(C)c1CC(=O)c1sccc1NS(=O)(=O)c1ccc(F)cc1. The summed E-state index contributed by atoms with van der Waals surface area (Å²) in [5, 5.41) is 1.70. The summed E-state index contributed by atoms with van der Waals surface area (Å²) in [5.74, 6) is -0.649. The summed E-state index contributed by atoms with van der Waals surface area (Å²) >= 11 is 1.22. The Balaban J connectivity index is 1.60. The maximum atomic E-state index is 13.4. The summed E-state index contributed by atoms with van der Waals surface area (Å²) in [7, 11) is -3.94. The fourth-order valence-corrected chi connectivity index (χ4v) is 6.68. The van der Waals surface area contributed by atoms with Crippen molar-refractivity contribution in [1.29, 1.82) is 0 Å². The third kappa shape index (κ3) is 5.03. The number of thiophene rings is 1. The van der Waals surface area contributed by atoms with E-state index in [4.69, 9.17) is 0 Å². The van der Waals surface area contributed by atoms with E-state index >= 15 is 0 Å². The van der Waals surface area contributed by atoms with Crippen LogP contribution in [0.25, 0.3) is 0 Å². The molecule has 2 aromatic carbocycles. The summed E-state index contributed by atoms with van der Waals surface area (Å²) in [5.41, 5.74) is 5.87. The number of sulfonamides is 1. The van der Waals surface area contributed by atoms with E-state index < -0.39 is 15.8 Å². The molecule has 0 saturated carbocycles. The molecule has 0 spiro atoms. The second-order valence-electron chi connectivity index (χ2n) is 8.83. The number of hydrogen-bond donors (Lipinski definition) is 1. The second-order valence-corrected chi connectivity index (χ2v) is 11.4. The quantitative estimate of drug-likeness (QED) is 0.402. The monoisotopic (exact) mass is 500 g/mol. The summed E-state index contributed by atoms with van der Waals surface area (Å²) in [6.45, 7) is 8.28. The van der Waals surface area contributed by atoms with Gasteiger partial charge in [-0.15, -0.1) is 11.3 Å². The minimum atomic E-state index is -3.94. The van der Waals surface area contributed by atoms with E-state index in [0.29, 0.717) is 4.88 Å². The Bertz CT molecular complexity index is 1310. The van der Waals surface area contributed by atoms with Crippen LogP contribution >= 0.6 is 11.3 Å². The molecule has 180 valence electrons. The molecule has 4 rings (SSSR count). The number of aryl methyl sites for hydroxylation is 2. The van der Waals surface area contributed by atoms with E-state index in [2.05, 4.69) is 29.5 Å². The van der Waals surface area contributed by atoms with Gasteiger partial charge >= 0.3 is 0 Å². The van der Waals surface area contributed by atoms with Crippen molar-refractivity contribution in [2.24, 2.45) is 0 Å². The van der Waals surface area contributed by atoms with Gasteiger partial charge in [0.15, 0.2) is 5.78 Å².